The lowest BCUT2D eigenvalue weighted by molar-refractivity contribution is -0.125. The van der Waals surface area contributed by atoms with Gasteiger partial charge in [-0.3, -0.25) is 9.67 Å². The number of rotatable bonds is 3. The average molecular weight is 445 g/mol. The predicted octanol–water partition coefficient (Wildman–Crippen LogP) is 2.05. The van der Waals surface area contributed by atoms with Crippen LogP contribution in [0.25, 0.3) is 0 Å². The smallest absolute Gasteiger partial charge is 0.191 e. The van der Waals surface area contributed by atoms with Crippen molar-refractivity contribution in [3.63, 3.8) is 0 Å². The fourth-order valence-electron chi connectivity index (χ4n) is 5.00. The molecule has 2 N–H and O–H groups in total. The number of hydrogen-bond donors (Lipinski definition) is 2. The van der Waals surface area contributed by atoms with E-state index in [0.717, 1.165) is 24.8 Å². The minimum absolute atomic E-state index is 0. The number of nitrogens with zero attached hydrogens (tertiary/aromatic N) is 3. The van der Waals surface area contributed by atoms with Crippen molar-refractivity contribution in [2.24, 2.45) is 23.4 Å². The Labute approximate surface area is 160 Å². The summed E-state index contributed by atoms with van der Waals surface area (Å²) >= 11 is 0. The Balaban J connectivity index is 0.00000169. The number of guanidine groups is 1. The molecule has 24 heavy (non-hydrogen) atoms. The highest BCUT2D eigenvalue weighted by atomic mass is 127. The van der Waals surface area contributed by atoms with Gasteiger partial charge in [0.1, 0.15) is 0 Å². The highest BCUT2D eigenvalue weighted by Crippen LogP contribution is 2.60. The molecule has 7 heteroatoms. The summed E-state index contributed by atoms with van der Waals surface area (Å²) in [7, 11) is 3.81. The molecule has 2 saturated carbocycles. The van der Waals surface area contributed by atoms with E-state index in [1.807, 2.05) is 31.0 Å². The molecule has 3 fully saturated rings. The molecule has 4 rings (SSSR count). The van der Waals surface area contributed by atoms with Crippen LogP contribution in [-0.2, 0) is 18.3 Å². The number of aryl methyl sites for hydroxylation is 1. The summed E-state index contributed by atoms with van der Waals surface area (Å²) < 4.78 is 7.95. The fraction of sp³-hybridized carbons (Fsp3) is 0.765. The van der Waals surface area contributed by atoms with Crippen LogP contribution in [0.3, 0.4) is 0 Å². The lowest BCUT2D eigenvalue weighted by Gasteiger charge is -2.57. The maximum Gasteiger partial charge on any atom is 0.191 e. The van der Waals surface area contributed by atoms with Gasteiger partial charge in [0.15, 0.2) is 5.96 Å². The van der Waals surface area contributed by atoms with Gasteiger partial charge in [-0.05, 0) is 25.3 Å². The maximum absolute atomic E-state index is 6.06. The van der Waals surface area contributed by atoms with Gasteiger partial charge in [-0.1, -0.05) is 12.8 Å². The van der Waals surface area contributed by atoms with Crippen molar-refractivity contribution < 1.29 is 4.74 Å². The van der Waals surface area contributed by atoms with E-state index in [9.17, 15) is 0 Å². The van der Waals surface area contributed by atoms with E-state index in [2.05, 4.69) is 20.7 Å². The van der Waals surface area contributed by atoms with Gasteiger partial charge in [-0.25, -0.2) is 0 Å². The number of aliphatic imine (C=N–C) groups is 1. The number of nitrogens with one attached hydrogen (secondary N) is 2. The Bertz CT molecular complexity index is 596. The van der Waals surface area contributed by atoms with Crippen LogP contribution in [0, 0.1) is 11.3 Å². The van der Waals surface area contributed by atoms with Gasteiger partial charge in [0.05, 0.1) is 18.3 Å². The van der Waals surface area contributed by atoms with E-state index in [0.29, 0.717) is 23.5 Å². The first-order chi connectivity index (χ1) is 11.2. The summed E-state index contributed by atoms with van der Waals surface area (Å²) in [6.07, 6.45) is 8.76. The molecule has 3 unspecified atom stereocenters. The Morgan fingerprint density at radius 2 is 2.25 bits per heavy atom. The summed E-state index contributed by atoms with van der Waals surface area (Å²) in [5, 5.41) is 11.4. The van der Waals surface area contributed by atoms with E-state index in [1.165, 1.54) is 32.1 Å². The fourth-order valence-corrected chi connectivity index (χ4v) is 5.00. The first kappa shape index (κ1) is 18.0. The molecule has 2 aliphatic carbocycles. The zero-order valence-electron chi connectivity index (χ0n) is 14.5. The van der Waals surface area contributed by atoms with Gasteiger partial charge in [-0.15, -0.1) is 24.0 Å². The Morgan fingerprint density at radius 3 is 2.92 bits per heavy atom. The standard InChI is InChI=1S/C17H27N5O.HI/c1-18-16(19-11-12-5-9-20-22(12)2)21-14-13-6-10-23-15(13)17(14)7-3-4-8-17;/h5,9,13-15H,3-4,6-8,10-11H2,1-2H3,(H2,18,19,21);1H. The second-order valence-corrected chi connectivity index (χ2v) is 7.18. The molecule has 0 bridgehead atoms. The van der Waals surface area contributed by atoms with Gasteiger partial charge in [0, 0.05) is 44.3 Å². The Morgan fingerprint density at radius 1 is 1.46 bits per heavy atom. The van der Waals surface area contributed by atoms with Gasteiger partial charge < -0.3 is 15.4 Å². The zero-order valence-corrected chi connectivity index (χ0v) is 16.8. The molecule has 1 spiro atoms. The summed E-state index contributed by atoms with van der Waals surface area (Å²) in [6, 6.07) is 2.54. The molecule has 3 aliphatic rings. The van der Waals surface area contributed by atoms with Crippen LogP contribution in [0.1, 0.15) is 37.8 Å². The third kappa shape index (κ3) is 2.83. The first-order valence-corrected chi connectivity index (χ1v) is 8.80. The number of aromatic nitrogens is 2. The van der Waals surface area contributed by atoms with Gasteiger partial charge in [0.2, 0.25) is 0 Å². The number of fused-ring (bicyclic) bond motifs is 2. The van der Waals surface area contributed by atoms with Crippen LogP contribution in [-0.4, -0.2) is 41.5 Å². The number of halogens is 1. The van der Waals surface area contributed by atoms with E-state index >= 15 is 0 Å². The van der Waals surface area contributed by atoms with E-state index in [1.54, 1.807) is 0 Å². The average Bonchev–Trinajstić information content (AvgIpc) is 3.27. The maximum atomic E-state index is 6.06. The van der Waals surface area contributed by atoms with Crippen molar-refractivity contribution in [1.82, 2.24) is 20.4 Å². The van der Waals surface area contributed by atoms with Crippen molar-refractivity contribution in [2.45, 2.75) is 50.8 Å². The molecule has 1 aromatic rings. The topological polar surface area (TPSA) is 63.5 Å². The summed E-state index contributed by atoms with van der Waals surface area (Å²) in [5.41, 5.74) is 1.50. The Kier molecular flexibility index (Phi) is 5.39. The van der Waals surface area contributed by atoms with Crippen LogP contribution < -0.4 is 10.6 Å². The van der Waals surface area contributed by atoms with Crippen LogP contribution >= 0.6 is 24.0 Å². The van der Waals surface area contributed by atoms with Gasteiger partial charge >= 0.3 is 0 Å². The highest BCUT2D eigenvalue weighted by molar-refractivity contribution is 14.0. The van der Waals surface area contributed by atoms with E-state index < -0.39 is 0 Å². The Hall–Kier alpha value is -0.830. The highest BCUT2D eigenvalue weighted by Gasteiger charge is 2.65. The largest absolute Gasteiger partial charge is 0.377 e. The molecule has 1 aliphatic heterocycles. The van der Waals surface area contributed by atoms with Crippen LogP contribution in [0.15, 0.2) is 17.3 Å². The second-order valence-electron chi connectivity index (χ2n) is 7.18. The quantitative estimate of drug-likeness (QED) is 0.425. The summed E-state index contributed by atoms with van der Waals surface area (Å²) in [6.45, 7) is 1.66. The van der Waals surface area contributed by atoms with Crippen LogP contribution in [0.4, 0.5) is 0 Å². The molecule has 0 radical (unpaired) electrons. The minimum atomic E-state index is 0. The van der Waals surface area contributed by atoms with Crippen LogP contribution in [0.5, 0.6) is 0 Å². The van der Waals surface area contributed by atoms with Gasteiger partial charge in [-0.2, -0.15) is 5.10 Å². The van der Waals surface area contributed by atoms with Crippen molar-refractivity contribution in [2.75, 3.05) is 13.7 Å². The van der Waals surface area contributed by atoms with Crippen molar-refractivity contribution in [1.29, 1.82) is 0 Å². The predicted molar refractivity (Wildman–Crippen MR) is 104 cm³/mol. The molecule has 1 saturated heterocycles. The molecule has 0 aromatic carbocycles. The van der Waals surface area contributed by atoms with E-state index in [4.69, 9.17) is 4.74 Å². The lowest BCUT2D eigenvalue weighted by Crippen LogP contribution is -2.69. The summed E-state index contributed by atoms with van der Waals surface area (Å²) in [5.74, 6) is 1.55. The molecule has 1 aromatic heterocycles. The lowest BCUT2D eigenvalue weighted by atomic mass is 9.54. The molecular weight excluding hydrogens is 417 g/mol. The zero-order chi connectivity index (χ0) is 15.9. The summed E-state index contributed by atoms with van der Waals surface area (Å²) in [4.78, 5) is 4.43. The van der Waals surface area contributed by atoms with Crippen LogP contribution in [0.2, 0.25) is 0 Å². The number of hydrogen-bond acceptors (Lipinski definition) is 3. The third-order valence-corrected chi connectivity index (χ3v) is 6.16. The van der Waals surface area contributed by atoms with Gasteiger partial charge in [0.25, 0.3) is 0 Å². The molecule has 3 atom stereocenters. The minimum Gasteiger partial charge on any atom is -0.377 e. The van der Waals surface area contributed by atoms with E-state index in [-0.39, 0.29) is 24.0 Å². The van der Waals surface area contributed by atoms with Crippen molar-refractivity contribution in [3.05, 3.63) is 18.0 Å². The van der Waals surface area contributed by atoms with Crippen molar-refractivity contribution >= 4 is 29.9 Å². The monoisotopic (exact) mass is 445 g/mol. The first-order valence-electron chi connectivity index (χ1n) is 8.80. The normalized spacial score (nSPS) is 30.6. The molecule has 2 heterocycles. The molecule has 0 amide bonds. The SMILES string of the molecule is CN=C(NCc1ccnn1C)NC1C2CCOC2C12CCCC2.I. The molecular formula is C17H28IN5O. The third-order valence-electron chi connectivity index (χ3n) is 6.16. The molecule has 6 nitrogen and oxygen atoms in total. The second kappa shape index (κ2) is 7.19. The van der Waals surface area contributed by atoms with Crippen molar-refractivity contribution in [3.8, 4) is 0 Å². The molecule has 134 valence electrons. The number of ether oxygens (including phenoxy) is 1.